The molecular formula is C20H22N2O6S. The van der Waals surface area contributed by atoms with Crippen molar-refractivity contribution < 1.29 is 23.3 Å². The Kier molecular flexibility index (Phi) is 6.48. The van der Waals surface area contributed by atoms with E-state index in [0.29, 0.717) is 29.3 Å². The molecule has 0 bridgehead atoms. The lowest BCUT2D eigenvalue weighted by atomic mass is 10.1. The zero-order valence-corrected chi connectivity index (χ0v) is 17.0. The first-order valence-corrected chi connectivity index (χ1v) is 10.7. The first kappa shape index (κ1) is 20.8. The number of hydrogen-bond donors (Lipinski definition) is 2. The molecule has 2 N–H and O–H groups in total. The van der Waals surface area contributed by atoms with Gasteiger partial charge in [0.15, 0.2) is 17.6 Å². The number of aromatic amines is 1. The Morgan fingerprint density at radius 1 is 1.28 bits per heavy atom. The van der Waals surface area contributed by atoms with Crippen LogP contribution in [0.1, 0.15) is 36.3 Å². The second-order valence-electron chi connectivity index (χ2n) is 6.65. The van der Waals surface area contributed by atoms with E-state index >= 15 is 0 Å². The molecule has 0 fully saturated rings. The summed E-state index contributed by atoms with van der Waals surface area (Å²) in [6.07, 6.45) is 1.63. The van der Waals surface area contributed by atoms with Crippen molar-refractivity contribution in [3.8, 4) is 11.5 Å². The molecule has 0 aliphatic carbocycles. The molecule has 154 valence electrons. The summed E-state index contributed by atoms with van der Waals surface area (Å²) in [6.45, 7) is 4.01. The van der Waals surface area contributed by atoms with Gasteiger partial charge < -0.3 is 19.8 Å². The number of aromatic nitrogens is 1. The molecule has 1 aliphatic rings. The SMILES string of the molecule is CCCOc1c[nH]c(CS(=O)CC(=O)c2ccc3c(c2)NC(=O)C(C)O3)cc1=O. The first-order valence-electron chi connectivity index (χ1n) is 9.21. The number of ketones is 1. The number of rotatable bonds is 8. The third-order valence-electron chi connectivity index (χ3n) is 4.24. The number of benzene rings is 1. The fourth-order valence-corrected chi connectivity index (χ4v) is 3.82. The van der Waals surface area contributed by atoms with Crippen LogP contribution in [0.4, 0.5) is 5.69 Å². The summed E-state index contributed by atoms with van der Waals surface area (Å²) in [5.74, 6) is -0.0923. The number of anilines is 1. The number of pyridine rings is 1. The number of nitrogens with one attached hydrogen (secondary N) is 2. The molecular weight excluding hydrogens is 396 g/mol. The molecule has 8 nitrogen and oxygen atoms in total. The Bertz CT molecular complexity index is 1020. The van der Waals surface area contributed by atoms with Crippen LogP contribution in [0.15, 0.2) is 35.3 Å². The molecule has 1 aliphatic heterocycles. The van der Waals surface area contributed by atoms with Crippen LogP contribution < -0.4 is 20.2 Å². The van der Waals surface area contributed by atoms with E-state index < -0.39 is 16.9 Å². The monoisotopic (exact) mass is 418 g/mol. The zero-order chi connectivity index (χ0) is 21.0. The van der Waals surface area contributed by atoms with Crippen molar-refractivity contribution in [3.63, 3.8) is 0 Å². The molecule has 9 heteroatoms. The molecule has 1 aromatic carbocycles. The third-order valence-corrected chi connectivity index (χ3v) is 5.46. The van der Waals surface area contributed by atoms with Gasteiger partial charge in [-0.2, -0.15) is 0 Å². The van der Waals surface area contributed by atoms with E-state index in [2.05, 4.69) is 10.3 Å². The van der Waals surface area contributed by atoms with Crippen molar-refractivity contribution in [1.29, 1.82) is 0 Å². The summed E-state index contributed by atoms with van der Waals surface area (Å²) in [7, 11) is -1.52. The maximum atomic E-state index is 12.5. The molecule has 2 atom stereocenters. The Morgan fingerprint density at radius 3 is 2.79 bits per heavy atom. The smallest absolute Gasteiger partial charge is 0.265 e. The van der Waals surface area contributed by atoms with Gasteiger partial charge in [0.1, 0.15) is 5.75 Å². The fourth-order valence-electron chi connectivity index (χ4n) is 2.74. The number of amides is 1. The Morgan fingerprint density at radius 2 is 2.07 bits per heavy atom. The van der Waals surface area contributed by atoms with Crippen LogP contribution in [0.2, 0.25) is 0 Å². The molecule has 29 heavy (non-hydrogen) atoms. The maximum absolute atomic E-state index is 12.5. The number of fused-ring (bicyclic) bond motifs is 1. The lowest BCUT2D eigenvalue weighted by Crippen LogP contribution is -2.34. The molecule has 2 heterocycles. The maximum Gasteiger partial charge on any atom is 0.265 e. The summed E-state index contributed by atoms with van der Waals surface area (Å²) in [4.78, 5) is 39.1. The van der Waals surface area contributed by atoms with Gasteiger partial charge in [-0.3, -0.25) is 18.6 Å². The summed E-state index contributed by atoms with van der Waals surface area (Å²) in [6, 6.07) is 6.03. The highest BCUT2D eigenvalue weighted by atomic mass is 32.2. The first-order chi connectivity index (χ1) is 13.9. The van der Waals surface area contributed by atoms with Crippen LogP contribution in [-0.2, 0) is 21.3 Å². The van der Waals surface area contributed by atoms with Gasteiger partial charge in [-0.25, -0.2) is 0 Å². The fraction of sp³-hybridized carbons (Fsp3) is 0.350. The largest absolute Gasteiger partial charge is 0.488 e. The summed E-state index contributed by atoms with van der Waals surface area (Å²) < 4.78 is 23.2. The topological polar surface area (TPSA) is 115 Å². The molecule has 2 aromatic rings. The van der Waals surface area contributed by atoms with Gasteiger partial charge in [0.25, 0.3) is 5.91 Å². The van der Waals surface area contributed by atoms with Crippen molar-refractivity contribution in [1.82, 2.24) is 4.98 Å². The van der Waals surface area contributed by atoms with Gasteiger partial charge in [0, 0.05) is 34.3 Å². The van der Waals surface area contributed by atoms with Gasteiger partial charge in [-0.15, -0.1) is 0 Å². The van der Waals surface area contributed by atoms with Crippen LogP contribution in [-0.4, -0.2) is 39.3 Å². The van der Waals surface area contributed by atoms with Crippen LogP contribution in [0.5, 0.6) is 11.5 Å². The molecule has 0 radical (unpaired) electrons. The average Bonchev–Trinajstić information content (AvgIpc) is 2.67. The van der Waals surface area contributed by atoms with Crippen LogP contribution >= 0.6 is 0 Å². The highest BCUT2D eigenvalue weighted by Gasteiger charge is 2.24. The Balaban J connectivity index is 1.63. The molecule has 0 saturated carbocycles. The van der Waals surface area contributed by atoms with E-state index in [4.69, 9.17) is 9.47 Å². The number of ether oxygens (including phenoxy) is 2. The van der Waals surface area contributed by atoms with Crippen LogP contribution in [0.3, 0.4) is 0 Å². The summed E-state index contributed by atoms with van der Waals surface area (Å²) in [5, 5.41) is 2.68. The average molecular weight is 418 g/mol. The van der Waals surface area contributed by atoms with E-state index in [1.807, 2.05) is 6.92 Å². The highest BCUT2D eigenvalue weighted by molar-refractivity contribution is 7.85. The van der Waals surface area contributed by atoms with Gasteiger partial charge >= 0.3 is 0 Å². The second-order valence-corrected chi connectivity index (χ2v) is 8.10. The molecule has 0 spiro atoms. The van der Waals surface area contributed by atoms with E-state index in [1.54, 1.807) is 19.1 Å². The number of H-pyrrole nitrogens is 1. The molecule has 3 rings (SSSR count). The predicted octanol–water partition coefficient (Wildman–Crippen LogP) is 2.01. The minimum Gasteiger partial charge on any atom is -0.488 e. The van der Waals surface area contributed by atoms with Crippen molar-refractivity contribution >= 4 is 28.2 Å². The van der Waals surface area contributed by atoms with Crippen molar-refractivity contribution in [2.45, 2.75) is 32.1 Å². The Hall–Kier alpha value is -2.94. The third kappa shape index (κ3) is 5.11. The standard InChI is InChI=1S/C20H22N2O6S/c1-3-6-27-19-9-21-14(8-16(19)23)10-29(26)11-17(24)13-4-5-18-15(7-13)22-20(25)12(2)28-18/h4-5,7-9,12H,3,6,10-11H2,1-2H3,(H,21,23)(H,22,25). The highest BCUT2D eigenvalue weighted by Crippen LogP contribution is 2.30. The number of carbonyl (C=O) groups is 2. The Labute approximate surface area is 170 Å². The van der Waals surface area contributed by atoms with Crippen molar-refractivity contribution in [2.24, 2.45) is 0 Å². The number of carbonyl (C=O) groups excluding carboxylic acids is 2. The molecule has 0 saturated heterocycles. The zero-order valence-electron chi connectivity index (χ0n) is 16.2. The number of hydrogen-bond acceptors (Lipinski definition) is 6. The van der Waals surface area contributed by atoms with E-state index in [0.717, 1.165) is 6.42 Å². The molecule has 1 amide bonds. The van der Waals surface area contributed by atoms with Gasteiger partial charge in [-0.1, -0.05) is 6.92 Å². The molecule has 1 aromatic heterocycles. The molecule has 2 unspecified atom stereocenters. The van der Waals surface area contributed by atoms with Gasteiger partial charge in [0.2, 0.25) is 5.43 Å². The van der Waals surface area contributed by atoms with E-state index in [1.165, 1.54) is 18.3 Å². The minimum atomic E-state index is -1.52. The minimum absolute atomic E-state index is 0.0390. The van der Waals surface area contributed by atoms with Crippen LogP contribution in [0, 0.1) is 0 Å². The van der Waals surface area contributed by atoms with Crippen molar-refractivity contribution in [2.75, 3.05) is 17.7 Å². The lowest BCUT2D eigenvalue weighted by molar-refractivity contribution is -0.122. The normalized spacial score (nSPS) is 16.3. The van der Waals surface area contributed by atoms with E-state index in [-0.39, 0.29) is 34.4 Å². The number of Topliss-reactive ketones (excluding diaryl/α,β-unsaturated/α-hetero) is 1. The predicted molar refractivity (Wildman–Crippen MR) is 109 cm³/mol. The lowest BCUT2D eigenvalue weighted by Gasteiger charge is -2.23. The van der Waals surface area contributed by atoms with Crippen LogP contribution in [0.25, 0.3) is 0 Å². The van der Waals surface area contributed by atoms with E-state index in [9.17, 15) is 18.6 Å². The summed E-state index contributed by atoms with van der Waals surface area (Å²) in [5.41, 5.74) is 0.907. The van der Waals surface area contributed by atoms with Crippen molar-refractivity contribution in [3.05, 3.63) is 51.9 Å². The summed E-state index contributed by atoms with van der Waals surface area (Å²) >= 11 is 0. The quantitative estimate of drug-likeness (QED) is 0.634. The second kappa shape index (κ2) is 9.04. The van der Waals surface area contributed by atoms with Gasteiger partial charge in [0.05, 0.1) is 23.8 Å². The van der Waals surface area contributed by atoms with Gasteiger partial charge in [-0.05, 0) is 31.5 Å².